The van der Waals surface area contributed by atoms with Crippen molar-refractivity contribution in [1.82, 2.24) is 10.3 Å². The number of rotatable bonds is 4. The first-order valence-corrected chi connectivity index (χ1v) is 6.41. The Labute approximate surface area is 119 Å². The van der Waals surface area contributed by atoms with Gasteiger partial charge in [0, 0.05) is 11.8 Å². The molecule has 0 spiro atoms. The van der Waals surface area contributed by atoms with Crippen LogP contribution < -0.4 is 5.32 Å². The Bertz CT molecular complexity index is 619. The van der Waals surface area contributed by atoms with Crippen molar-refractivity contribution in [2.45, 2.75) is 13.0 Å². The Kier molecular flexibility index (Phi) is 4.62. The predicted octanol–water partition coefficient (Wildman–Crippen LogP) is 3.85. The Morgan fingerprint density at radius 2 is 1.95 bits per heavy atom. The highest BCUT2D eigenvalue weighted by atomic mass is 35.5. The number of pyridine rings is 1. The first-order valence-electron chi connectivity index (χ1n) is 6.03. The van der Waals surface area contributed by atoms with Crippen molar-refractivity contribution in [2.24, 2.45) is 0 Å². The molecule has 1 aromatic heterocycles. The van der Waals surface area contributed by atoms with E-state index in [-0.39, 0.29) is 5.56 Å². The highest BCUT2D eigenvalue weighted by Crippen LogP contribution is 2.29. The minimum absolute atomic E-state index is 0.0358. The van der Waals surface area contributed by atoms with Crippen LogP contribution in [0.2, 0.25) is 5.02 Å². The van der Waals surface area contributed by atoms with Crippen molar-refractivity contribution < 1.29 is 13.2 Å². The van der Waals surface area contributed by atoms with E-state index in [0.29, 0.717) is 17.3 Å². The number of aromatic nitrogens is 1. The van der Waals surface area contributed by atoms with Gasteiger partial charge in [0.2, 0.25) is 0 Å². The van der Waals surface area contributed by atoms with Crippen LogP contribution in [0.15, 0.2) is 30.5 Å². The molecule has 2 nitrogen and oxygen atoms in total. The van der Waals surface area contributed by atoms with Crippen LogP contribution in [0.4, 0.5) is 13.2 Å². The van der Waals surface area contributed by atoms with E-state index in [1.165, 1.54) is 12.3 Å². The largest absolute Gasteiger partial charge is 0.305 e. The molecule has 106 valence electrons. The molecule has 0 radical (unpaired) electrons. The smallest absolute Gasteiger partial charge is 0.194 e. The summed E-state index contributed by atoms with van der Waals surface area (Å²) in [6.45, 7) is 2.29. The minimum Gasteiger partial charge on any atom is -0.305 e. The second-order valence-electron chi connectivity index (χ2n) is 4.13. The Morgan fingerprint density at radius 1 is 1.20 bits per heavy atom. The maximum atomic E-state index is 13.9. The van der Waals surface area contributed by atoms with Gasteiger partial charge in [-0.3, -0.25) is 4.98 Å². The van der Waals surface area contributed by atoms with Crippen molar-refractivity contribution in [1.29, 1.82) is 0 Å². The molecular weight excluding hydrogens is 289 g/mol. The molecule has 1 N–H and O–H groups in total. The maximum absolute atomic E-state index is 13.9. The average Bonchev–Trinajstić information content (AvgIpc) is 2.44. The summed E-state index contributed by atoms with van der Waals surface area (Å²) in [5.74, 6) is -3.97. The molecule has 0 saturated carbocycles. The third-order valence-electron chi connectivity index (χ3n) is 2.84. The molecule has 0 bridgehead atoms. The molecule has 2 aromatic rings. The number of hydrogen-bond acceptors (Lipinski definition) is 2. The van der Waals surface area contributed by atoms with Gasteiger partial charge in [-0.1, -0.05) is 24.6 Å². The zero-order valence-electron chi connectivity index (χ0n) is 10.6. The minimum atomic E-state index is -1.50. The third kappa shape index (κ3) is 2.78. The molecule has 1 atom stereocenters. The van der Waals surface area contributed by atoms with Gasteiger partial charge in [0.1, 0.15) is 0 Å². The van der Waals surface area contributed by atoms with Crippen LogP contribution in [-0.2, 0) is 0 Å². The van der Waals surface area contributed by atoms with E-state index in [1.807, 2.05) is 6.92 Å². The van der Waals surface area contributed by atoms with Crippen LogP contribution in [0.5, 0.6) is 0 Å². The molecule has 0 saturated heterocycles. The van der Waals surface area contributed by atoms with E-state index >= 15 is 0 Å². The normalized spacial score (nSPS) is 12.4. The van der Waals surface area contributed by atoms with Crippen LogP contribution in [-0.4, -0.2) is 11.5 Å². The van der Waals surface area contributed by atoms with Crippen molar-refractivity contribution in [3.63, 3.8) is 0 Å². The summed E-state index contributed by atoms with van der Waals surface area (Å²) in [5.41, 5.74) is 0.326. The fraction of sp³-hybridized carbons (Fsp3) is 0.214. The van der Waals surface area contributed by atoms with E-state index in [2.05, 4.69) is 10.3 Å². The topological polar surface area (TPSA) is 24.9 Å². The van der Waals surface area contributed by atoms with Crippen molar-refractivity contribution in [3.8, 4) is 0 Å². The molecule has 2 rings (SSSR count). The summed E-state index contributed by atoms with van der Waals surface area (Å²) in [5, 5.41) is 3.29. The molecule has 1 heterocycles. The monoisotopic (exact) mass is 300 g/mol. The van der Waals surface area contributed by atoms with Gasteiger partial charge in [0.15, 0.2) is 17.5 Å². The lowest BCUT2D eigenvalue weighted by molar-refractivity contribution is 0.432. The fourth-order valence-electron chi connectivity index (χ4n) is 1.93. The molecule has 0 aliphatic rings. The van der Waals surface area contributed by atoms with Crippen LogP contribution in [0.1, 0.15) is 24.2 Å². The highest BCUT2D eigenvalue weighted by molar-refractivity contribution is 6.31. The van der Waals surface area contributed by atoms with Crippen LogP contribution >= 0.6 is 11.6 Å². The first-order chi connectivity index (χ1) is 9.56. The van der Waals surface area contributed by atoms with Crippen LogP contribution in [0.3, 0.4) is 0 Å². The summed E-state index contributed by atoms with van der Waals surface area (Å²) in [6.07, 6.45) is 1.50. The van der Waals surface area contributed by atoms with Gasteiger partial charge in [-0.15, -0.1) is 0 Å². The first kappa shape index (κ1) is 14.8. The number of nitrogens with one attached hydrogen (secondary N) is 1. The standard InChI is InChI=1S/C14H12ClF3N2/c1-2-19-13(14-9(15)4-3-7-20-14)8-5-6-10(16)12(18)11(8)17/h3-7,13,19H,2H2,1H3. The second-order valence-corrected chi connectivity index (χ2v) is 4.53. The molecule has 20 heavy (non-hydrogen) atoms. The van der Waals surface area contributed by atoms with E-state index < -0.39 is 23.5 Å². The zero-order chi connectivity index (χ0) is 14.7. The number of nitrogens with zero attached hydrogens (tertiary/aromatic N) is 1. The van der Waals surface area contributed by atoms with Crippen molar-refractivity contribution in [2.75, 3.05) is 6.54 Å². The predicted molar refractivity (Wildman–Crippen MR) is 71.1 cm³/mol. The van der Waals surface area contributed by atoms with Crippen LogP contribution in [0, 0.1) is 17.5 Å². The molecule has 6 heteroatoms. The fourth-order valence-corrected chi connectivity index (χ4v) is 2.16. The summed E-state index contributed by atoms with van der Waals surface area (Å²) in [7, 11) is 0. The van der Waals surface area contributed by atoms with E-state index in [4.69, 9.17) is 11.6 Å². The Balaban J connectivity index is 2.55. The maximum Gasteiger partial charge on any atom is 0.194 e. The van der Waals surface area contributed by atoms with Gasteiger partial charge < -0.3 is 5.32 Å². The summed E-state index contributed by atoms with van der Waals surface area (Å²) in [4.78, 5) is 4.09. The van der Waals surface area contributed by atoms with Gasteiger partial charge >= 0.3 is 0 Å². The average molecular weight is 301 g/mol. The zero-order valence-corrected chi connectivity index (χ0v) is 11.4. The second kappa shape index (κ2) is 6.24. The summed E-state index contributed by atoms with van der Waals surface area (Å²) >= 11 is 6.04. The lowest BCUT2D eigenvalue weighted by Gasteiger charge is -2.19. The molecule has 1 unspecified atom stereocenters. The summed E-state index contributed by atoms with van der Waals surface area (Å²) in [6, 6.07) is 4.56. The van der Waals surface area contributed by atoms with Gasteiger partial charge in [-0.2, -0.15) is 0 Å². The van der Waals surface area contributed by atoms with Crippen LogP contribution in [0.25, 0.3) is 0 Å². The van der Waals surface area contributed by atoms with E-state index in [9.17, 15) is 13.2 Å². The molecule has 0 aliphatic carbocycles. The molecule has 0 aliphatic heterocycles. The quantitative estimate of drug-likeness (QED) is 0.868. The van der Waals surface area contributed by atoms with Gasteiger partial charge in [0.05, 0.1) is 16.8 Å². The van der Waals surface area contributed by atoms with Gasteiger partial charge in [-0.05, 0) is 24.7 Å². The molecule has 0 fully saturated rings. The van der Waals surface area contributed by atoms with Crippen molar-refractivity contribution in [3.05, 3.63) is 64.2 Å². The molecular formula is C14H12ClF3N2. The number of benzene rings is 1. The third-order valence-corrected chi connectivity index (χ3v) is 3.16. The number of hydrogen-bond donors (Lipinski definition) is 1. The van der Waals surface area contributed by atoms with E-state index in [0.717, 1.165) is 6.07 Å². The van der Waals surface area contributed by atoms with E-state index in [1.54, 1.807) is 12.1 Å². The lowest BCUT2D eigenvalue weighted by Crippen LogP contribution is -2.24. The van der Waals surface area contributed by atoms with Gasteiger partial charge in [-0.25, -0.2) is 13.2 Å². The highest BCUT2D eigenvalue weighted by Gasteiger charge is 2.24. The summed E-state index contributed by atoms with van der Waals surface area (Å²) < 4.78 is 40.3. The van der Waals surface area contributed by atoms with Gasteiger partial charge in [0.25, 0.3) is 0 Å². The Morgan fingerprint density at radius 3 is 2.60 bits per heavy atom. The number of halogens is 4. The Hall–Kier alpha value is -1.59. The molecule has 1 aromatic carbocycles. The lowest BCUT2D eigenvalue weighted by atomic mass is 10.0. The van der Waals surface area contributed by atoms with Crippen molar-refractivity contribution >= 4 is 11.6 Å². The SMILES string of the molecule is CCNC(c1ccc(F)c(F)c1F)c1ncccc1Cl. The molecule has 0 amide bonds.